The van der Waals surface area contributed by atoms with E-state index >= 15 is 0 Å². The topological polar surface area (TPSA) is 98.9 Å². The monoisotopic (exact) mass is 446 g/mol. The standard InChI is InChI=1S/C21H24F2N6O3/c22-19(23)32-16-3-12(6-25-18(16)24)15-5-17(29-7-14-4-13(29)8-31-14)27-20(26-15)28-9-21(10-28)1-2-30-11-21/h3,5-6,13-14,19H,1-2,4,7-11H2,(H2,24,25)/t13-,14-/m0/s1. The minimum Gasteiger partial charge on any atom is -0.431 e. The fraction of sp³-hybridized carbons (Fsp3) is 0.571. The van der Waals surface area contributed by atoms with Gasteiger partial charge in [-0.2, -0.15) is 13.8 Å². The van der Waals surface area contributed by atoms with Crippen LogP contribution in [0.25, 0.3) is 11.3 Å². The number of fused-ring (bicyclic) bond motifs is 2. The summed E-state index contributed by atoms with van der Waals surface area (Å²) in [7, 11) is 0. The van der Waals surface area contributed by atoms with Crippen LogP contribution in [0.3, 0.4) is 0 Å². The second-order valence-corrected chi connectivity index (χ2v) is 9.05. The lowest BCUT2D eigenvalue weighted by Crippen LogP contribution is -2.57. The quantitative estimate of drug-likeness (QED) is 0.739. The first-order chi connectivity index (χ1) is 15.5. The van der Waals surface area contributed by atoms with Gasteiger partial charge in [0.2, 0.25) is 5.95 Å². The molecule has 32 heavy (non-hydrogen) atoms. The van der Waals surface area contributed by atoms with Crippen molar-refractivity contribution < 1.29 is 23.0 Å². The van der Waals surface area contributed by atoms with E-state index in [1.165, 1.54) is 12.3 Å². The Balaban J connectivity index is 1.36. The number of halogens is 2. The predicted octanol–water partition coefficient (Wildman–Crippen LogP) is 1.93. The van der Waals surface area contributed by atoms with Gasteiger partial charge in [0, 0.05) is 49.5 Å². The number of morpholine rings is 1. The molecule has 0 aliphatic carbocycles. The van der Waals surface area contributed by atoms with Crippen LogP contribution in [0.4, 0.5) is 26.4 Å². The molecule has 4 aliphatic rings. The van der Waals surface area contributed by atoms with E-state index in [0.29, 0.717) is 23.8 Å². The van der Waals surface area contributed by atoms with Crippen molar-refractivity contribution in [1.29, 1.82) is 0 Å². The zero-order valence-corrected chi connectivity index (χ0v) is 17.4. The van der Waals surface area contributed by atoms with Gasteiger partial charge in [-0.05, 0) is 18.9 Å². The fourth-order valence-corrected chi connectivity index (χ4v) is 5.13. The van der Waals surface area contributed by atoms with Crippen molar-refractivity contribution in [3.05, 3.63) is 18.3 Å². The summed E-state index contributed by atoms with van der Waals surface area (Å²) in [6.07, 6.45) is 3.76. The van der Waals surface area contributed by atoms with E-state index in [2.05, 4.69) is 19.5 Å². The van der Waals surface area contributed by atoms with Crippen LogP contribution in [0.5, 0.6) is 5.75 Å². The number of aromatic nitrogens is 3. The summed E-state index contributed by atoms with van der Waals surface area (Å²) in [4.78, 5) is 18.1. The zero-order chi connectivity index (χ0) is 21.9. The largest absolute Gasteiger partial charge is 0.431 e. The lowest BCUT2D eigenvalue weighted by Gasteiger charge is -2.47. The Labute approximate surface area is 183 Å². The van der Waals surface area contributed by atoms with Crippen molar-refractivity contribution in [2.24, 2.45) is 5.41 Å². The van der Waals surface area contributed by atoms with Crippen LogP contribution in [-0.4, -0.2) is 73.2 Å². The van der Waals surface area contributed by atoms with Gasteiger partial charge in [0.25, 0.3) is 0 Å². The molecule has 2 aromatic rings. The number of pyridine rings is 1. The van der Waals surface area contributed by atoms with Gasteiger partial charge < -0.3 is 29.7 Å². The second kappa shape index (κ2) is 7.38. The Morgan fingerprint density at radius 2 is 2.12 bits per heavy atom. The highest BCUT2D eigenvalue weighted by Gasteiger charge is 2.47. The highest BCUT2D eigenvalue weighted by Crippen LogP contribution is 2.41. The number of nitrogens with two attached hydrogens (primary N) is 1. The number of anilines is 3. The molecule has 2 atom stereocenters. The molecule has 11 heteroatoms. The molecule has 6 heterocycles. The van der Waals surface area contributed by atoms with E-state index in [0.717, 1.165) is 51.5 Å². The molecule has 0 aromatic carbocycles. The van der Waals surface area contributed by atoms with Crippen molar-refractivity contribution in [3.8, 4) is 17.0 Å². The molecule has 2 aromatic heterocycles. The molecular formula is C21H24F2N6O3. The first-order valence-electron chi connectivity index (χ1n) is 10.8. The van der Waals surface area contributed by atoms with E-state index in [1.54, 1.807) is 0 Å². The van der Waals surface area contributed by atoms with E-state index in [4.69, 9.17) is 25.2 Å². The Hall–Kier alpha value is -2.79. The minimum atomic E-state index is -2.99. The summed E-state index contributed by atoms with van der Waals surface area (Å²) in [5.41, 5.74) is 7.03. The molecule has 0 saturated carbocycles. The maximum Gasteiger partial charge on any atom is 0.387 e. The molecule has 0 unspecified atom stereocenters. The average Bonchev–Trinajstić information content (AvgIpc) is 3.50. The summed E-state index contributed by atoms with van der Waals surface area (Å²) >= 11 is 0. The van der Waals surface area contributed by atoms with E-state index in [-0.39, 0.29) is 29.1 Å². The summed E-state index contributed by atoms with van der Waals surface area (Å²) < 4.78 is 41.4. The summed E-state index contributed by atoms with van der Waals surface area (Å²) in [5, 5.41) is 0. The molecule has 170 valence electrons. The molecule has 4 aliphatic heterocycles. The molecular weight excluding hydrogens is 422 g/mol. The molecule has 0 amide bonds. The molecule has 2 N–H and O–H groups in total. The smallest absolute Gasteiger partial charge is 0.387 e. The van der Waals surface area contributed by atoms with Crippen LogP contribution in [-0.2, 0) is 9.47 Å². The maximum absolute atomic E-state index is 12.8. The van der Waals surface area contributed by atoms with Gasteiger partial charge in [0.05, 0.1) is 31.1 Å². The van der Waals surface area contributed by atoms with Gasteiger partial charge in [0.1, 0.15) is 5.82 Å². The highest BCUT2D eigenvalue weighted by atomic mass is 19.3. The third kappa shape index (κ3) is 3.39. The summed E-state index contributed by atoms with van der Waals surface area (Å²) in [6, 6.07) is 3.60. The number of nitrogen functional groups attached to an aromatic ring is 1. The van der Waals surface area contributed by atoms with Gasteiger partial charge in [-0.15, -0.1) is 0 Å². The number of alkyl halides is 2. The third-order valence-electron chi connectivity index (χ3n) is 6.81. The molecule has 1 spiro atoms. The van der Waals surface area contributed by atoms with Crippen molar-refractivity contribution in [2.75, 3.05) is 55.0 Å². The summed E-state index contributed by atoms with van der Waals surface area (Å²) in [5.74, 6) is 1.16. The van der Waals surface area contributed by atoms with Crippen molar-refractivity contribution in [1.82, 2.24) is 15.0 Å². The number of hydrogen-bond acceptors (Lipinski definition) is 9. The van der Waals surface area contributed by atoms with Crippen LogP contribution < -0.4 is 20.3 Å². The van der Waals surface area contributed by atoms with Gasteiger partial charge in [-0.3, -0.25) is 0 Å². The molecule has 4 fully saturated rings. The van der Waals surface area contributed by atoms with Gasteiger partial charge >= 0.3 is 6.61 Å². The number of hydrogen-bond donors (Lipinski definition) is 1. The second-order valence-electron chi connectivity index (χ2n) is 9.05. The number of rotatable bonds is 5. The van der Waals surface area contributed by atoms with Crippen LogP contribution in [0.15, 0.2) is 18.3 Å². The lowest BCUT2D eigenvalue weighted by molar-refractivity contribution is -0.0494. The lowest BCUT2D eigenvalue weighted by atomic mass is 9.79. The predicted molar refractivity (Wildman–Crippen MR) is 112 cm³/mol. The first-order valence-corrected chi connectivity index (χ1v) is 10.8. The Bertz CT molecular complexity index is 1030. The van der Waals surface area contributed by atoms with Gasteiger partial charge in [-0.1, -0.05) is 0 Å². The molecule has 6 rings (SSSR count). The Morgan fingerprint density at radius 1 is 1.25 bits per heavy atom. The van der Waals surface area contributed by atoms with Crippen LogP contribution in [0, 0.1) is 5.41 Å². The summed E-state index contributed by atoms with van der Waals surface area (Å²) in [6.45, 7) is 1.70. The normalized spacial score (nSPS) is 25.7. The molecule has 9 nitrogen and oxygen atoms in total. The van der Waals surface area contributed by atoms with E-state index in [1.807, 2.05) is 6.07 Å². The zero-order valence-electron chi connectivity index (χ0n) is 17.4. The van der Waals surface area contributed by atoms with E-state index in [9.17, 15) is 8.78 Å². The highest BCUT2D eigenvalue weighted by molar-refractivity contribution is 5.68. The van der Waals surface area contributed by atoms with Crippen LogP contribution in [0.1, 0.15) is 12.8 Å². The van der Waals surface area contributed by atoms with Crippen molar-refractivity contribution >= 4 is 17.6 Å². The number of nitrogens with zero attached hydrogens (tertiary/aromatic N) is 5. The van der Waals surface area contributed by atoms with Gasteiger partial charge in [0.15, 0.2) is 11.6 Å². The average molecular weight is 446 g/mol. The Morgan fingerprint density at radius 3 is 2.81 bits per heavy atom. The van der Waals surface area contributed by atoms with Gasteiger partial charge in [-0.25, -0.2) is 9.97 Å². The first kappa shape index (κ1) is 19.9. The maximum atomic E-state index is 12.8. The SMILES string of the molecule is Nc1ncc(-c2cc(N3C[C@@H]4C[C@H]3CO4)nc(N3CC4(CCOC4)C3)n2)cc1OC(F)F. The third-order valence-corrected chi connectivity index (χ3v) is 6.81. The minimum absolute atomic E-state index is 0.0940. The molecule has 2 bridgehead atoms. The number of ether oxygens (including phenoxy) is 3. The molecule has 0 radical (unpaired) electrons. The Kier molecular flexibility index (Phi) is 4.58. The van der Waals surface area contributed by atoms with Crippen LogP contribution in [0.2, 0.25) is 0 Å². The fourth-order valence-electron chi connectivity index (χ4n) is 5.13. The van der Waals surface area contributed by atoms with Crippen molar-refractivity contribution in [3.63, 3.8) is 0 Å². The van der Waals surface area contributed by atoms with Crippen molar-refractivity contribution in [2.45, 2.75) is 31.6 Å². The molecule has 4 saturated heterocycles. The van der Waals surface area contributed by atoms with E-state index < -0.39 is 6.61 Å². The van der Waals surface area contributed by atoms with Crippen LogP contribution >= 0.6 is 0 Å².